The fourth-order valence-corrected chi connectivity index (χ4v) is 1.80. The lowest BCUT2D eigenvalue weighted by atomic mass is 10.2. The van der Waals surface area contributed by atoms with E-state index in [2.05, 4.69) is 0 Å². The lowest BCUT2D eigenvalue weighted by Gasteiger charge is -2.06. The molecule has 0 saturated heterocycles. The molecule has 0 radical (unpaired) electrons. The van der Waals surface area contributed by atoms with Crippen molar-refractivity contribution in [2.75, 3.05) is 6.61 Å². The maximum atomic E-state index is 11.6. The SMILES string of the molecule is CC(C)COC(=O)/C=C/C(=O)Oc1cc(Cl)cc(Cl)c1Cl. The standard InChI is InChI=1S/C14H13Cl3O4/c1-8(2)7-20-12(18)3-4-13(19)21-11-6-9(15)5-10(16)14(11)17/h3-6,8H,7H2,1-2H3/b4-3+. The van der Waals surface area contributed by atoms with Gasteiger partial charge in [0.15, 0.2) is 5.75 Å². The zero-order valence-electron chi connectivity index (χ0n) is 11.4. The fourth-order valence-electron chi connectivity index (χ4n) is 1.18. The van der Waals surface area contributed by atoms with Crippen molar-refractivity contribution in [3.63, 3.8) is 0 Å². The summed E-state index contributed by atoms with van der Waals surface area (Å²) in [5, 5.41) is 0.491. The van der Waals surface area contributed by atoms with Crippen molar-refractivity contribution in [3.8, 4) is 5.75 Å². The monoisotopic (exact) mass is 350 g/mol. The Morgan fingerprint density at radius 1 is 1.14 bits per heavy atom. The van der Waals surface area contributed by atoms with E-state index in [0.29, 0.717) is 0 Å². The van der Waals surface area contributed by atoms with Crippen molar-refractivity contribution in [1.82, 2.24) is 0 Å². The minimum absolute atomic E-state index is 0.0133. The molecule has 0 fully saturated rings. The summed E-state index contributed by atoms with van der Waals surface area (Å²) in [6.07, 6.45) is 1.92. The molecule has 7 heteroatoms. The van der Waals surface area contributed by atoms with Gasteiger partial charge in [-0.05, 0) is 12.0 Å². The largest absolute Gasteiger partial charge is 0.462 e. The van der Waals surface area contributed by atoms with Crippen LogP contribution >= 0.6 is 34.8 Å². The maximum Gasteiger partial charge on any atom is 0.336 e. The Morgan fingerprint density at radius 2 is 1.76 bits per heavy atom. The Kier molecular flexibility index (Phi) is 7.02. The first-order valence-corrected chi connectivity index (χ1v) is 7.14. The molecular weight excluding hydrogens is 339 g/mol. The second kappa shape index (κ2) is 8.27. The van der Waals surface area contributed by atoms with Gasteiger partial charge in [0.05, 0.1) is 11.6 Å². The molecule has 0 amide bonds. The van der Waals surface area contributed by atoms with Crippen molar-refractivity contribution in [1.29, 1.82) is 0 Å². The minimum Gasteiger partial charge on any atom is -0.462 e. The summed E-state index contributed by atoms with van der Waals surface area (Å²) in [5.74, 6) is -1.20. The Bertz CT molecular complexity index is 568. The van der Waals surface area contributed by atoms with E-state index in [-0.39, 0.29) is 33.3 Å². The van der Waals surface area contributed by atoms with Crippen LogP contribution in [0.4, 0.5) is 0 Å². The lowest BCUT2D eigenvalue weighted by molar-refractivity contribution is -0.139. The smallest absolute Gasteiger partial charge is 0.336 e. The van der Waals surface area contributed by atoms with Crippen LogP contribution in [0.25, 0.3) is 0 Å². The topological polar surface area (TPSA) is 52.6 Å². The van der Waals surface area contributed by atoms with E-state index < -0.39 is 11.9 Å². The molecular formula is C14H13Cl3O4. The van der Waals surface area contributed by atoms with Crippen molar-refractivity contribution in [2.24, 2.45) is 5.92 Å². The summed E-state index contributed by atoms with van der Waals surface area (Å²) in [6.45, 7) is 4.07. The predicted molar refractivity (Wildman–Crippen MR) is 82.0 cm³/mol. The van der Waals surface area contributed by atoms with E-state index in [9.17, 15) is 9.59 Å². The highest BCUT2D eigenvalue weighted by molar-refractivity contribution is 6.44. The van der Waals surface area contributed by atoms with Gasteiger partial charge in [0.25, 0.3) is 0 Å². The maximum absolute atomic E-state index is 11.6. The number of esters is 2. The van der Waals surface area contributed by atoms with Gasteiger partial charge in [0.2, 0.25) is 0 Å². The molecule has 0 unspecified atom stereocenters. The van der Waals surface area contributed by atoms with Crippen LogP contribution in [0.5, 0.6) is 5.75 Å². The Morgan fingerprint density at radius 3 is 2.38 bits per heavy atom. The number of ether oxygens (including phenoxy) is 2. The van der Waals surface area contributed by atoms with E-state index in [1.54, 1.807) is 0 Å². The van der Waals surface area contributed by atoms with Crippen LogP contribution in [0.1, 0.15) is 13.8 Å². The van der Waals surface area contributed by atoms with Crippen molar-refractivity contribution >= 4 is 46.7 Å². The van der Waals surface area contributed by atoms with Gasteiger partial charge in [-0.15, -0.1) is 0 Å². The first-order valence-electron chi connectivity index (χ1n) is 6.00. The van der Waals surface area contributed by atoms with E-state index in [1.807, 2.05) is 13.8 Å². The molecule has 0 aromatic heterocycles. The van der Waals surface area contributed by atoms with Crippen molar-refractivity contribution in [3.05, 3.63) is 39.4 Å². The molecule has 4 nitrogen and oxygen atoms in total. The summed E-state index contributed by atoms with van der Waals surface area (Å²) < 4.78 is 9.81. The number of rotatable bonds is 5. The highest BCUT2D eigenvalue weighted by Gasteiger charge is 2.11. The fraction of sp³-hybridized carbons (Fsp3) is 0.286. The first kappa shape index (κ1) is 17.8. The highest BCUT2D eigenvalue weighted by Crippen LogP contribution is 2.35. The van der Waals surface area contributed by atoms with Gasteiger partial charge < -0.3 is 9.47 Å². The number of hydrogen-bond donors (Lipinski definition) is 0. The van der Waals surface area contributed by atoms with Gasteiger partial charge in [0.1, 0.15) is 5.02 Å². The summed E-state index contributed by atoms with van der Waals surface area (Å²) >= 11 is 17.5. The molecule has 0 aliphatic heterocycles. The normalized spacial score (nSPS) is 11.0. The molecule has 0 N–H and O–H groups in total. The van der Waals surface area contributed by atoms with Crippen molar-refractivity contribution in [2.45, 2.75) is 13.8 Å². The van der Waals surface area contributed by atoms with E-state index >= 15 is 0 Å². The van der Waals surface area contributed by atoms with Crippen LogP contribution in [-0.4, -0.2) is 18.5 Å². The van der Waals surface area contributed by atoms with Crippen LogP contribution in [0.15, 0.2) is 24.3 Å². The quantitative estimate of drug-likeness (QED) is 0.343. The predicted octanol–water partition coefficient (Wildman–Crippen LogP) is 4.31. The Balaban J connectivity index is 2.64. The van der Waals surface area contributed by atoms with Crippen LogP contribution < -0.4 is 4.74 Å². The molecule has 1 rings (SSSR count). The number of carbonyl (C=O) groups excluding carboxylic acids is 2. The molecule has 114 valence electrons. The number of halogens is 3. The second-order valence-electron chi connectivity index (χ2n) is 4.48. The molecule has 21 heavy (non-hydrogen) atoms. The molecule has 0 bridgehead atoms. The molecule has 0 aliphatic rings. The summed E-state index contributed by atoms with van der Waals surface area (Å²) in [6, 6.07) is 2.76. The first-order chi connectivity index (χ1) is 9.79. The Hall–Kier alpha value is -1.23. The van der Waals surface area contributed by atoms with E-state index in [0.717, 1.165) is 12.2 Å². The molecule has 1 aromatic rings. The van der Waals surface area contributed by atoms with Gasteiger partial charge in [-0.25, -0.2) is 9.59 Å². The van der Waals surface area contributed by atoms with Crippen molar-refractivity contribution < 1.29 is 19.1 Å². The van der Waals surface area contributed by atoms with Gasteiger partial charge in [-0.1, -0.05) is 48.7 Å². The molecule has 0 heterocycles. The molecule has 0 aliphatic carbocycles. The molecule has 0 saturated carbocycles. The van der Waals surface area contributed by atoms with Crippen LogP contribution in [-0.2, 0) is 14.3 Å². The van der Waals surface area contributed by atoms with Gasteiger partial charge >= 0.3 is 11.9 Å². The van der Waals surface area contributed by atoms with Gasteiger partial charge in [-0.3, -0.25) is 0 Å². The third-order valence-electron chi connectivity index (χ3n) is 2.08. The second-order valence-corrected chi connectivity index (χ2v) is 5.70. The summed E-state index contributed by atoms with van der Waals surface area (Å²) in [5.41, 5.74) is 0. The van der Waals surface area contributed by atoms with Gasteiger partial charge in [-0.2, -0.15) is 0 Å². The van der Waals surface area contributed by atoms with Crippen LogP contribution in [0.3, 0.4) is 0 Å². The molecule has 0 spiro atoms. The molecule has 0 atom stereocenters. The number of hydrogen-bond acceptors (Lipinski definition) is 4. The van der Waals surface area contributed by atoms with Gasteiger partial charge in [0, 0.05) is 23.2 Å². The number of benzene rings is 1. The van der Waals surface area contributed by atoms with E-state index in [1.165, 1.54) is 12.1 Å². The average Bonchev–Trinajstić information content (AvgIpc) is 2.39. The molecule has 1 aromatic carbocycles. The number of carbonyl (C=O) groups is 2. The Labute approximate surface area is 137 Å². The zero-order valence-corrected chi connectivity index (χ0v) is 13.6. The zero-order chi connectivity index (χ0) is 16.0. The van der Waals surface area contributed by atoms with Crippen LogP contribution in [0.2, 0.25) is 15.1 Å². The minimum atomic E-state index is -0.795. The highest BCUT2D eigenvalue weighted by atomic mass is 35.5. The average molecular weight is 352 g/mol. The lowest BCUT2D eigenvalue weighted by Crippen LogP contribution is -2.09. The third kappa shape index (κ3) is 6.38. The van der Waals surface area contributed by atoms with E-state index in [4.69, 9.17) is 44.3 Å². The summed E-state index contributed by atoms with van der Waals surface area (Å²) in [7, 11) is 0. The summed E-state index contributed by atoms with van der Waals surface area (Å²) in [4.78, 5) is 22.9. The van der Waals surface area contributed by atoms with Crippen LogP contribution in [0, 0.1) is 5.92 Å². The third-order valence-corrected chi connectivity index (χ3v) is 3.09.